The zero-order valence-electron chi connectivity index (χ0n) is 21.8. The fourth-order valence-electron chi connectivity index (χ4n) is 5.08. The van der Waals surface area contributed by atoms with Crippen LogP contribution in [0.25, 0.3) is 0 Å². The van der Waals surface area contributed by atoms with Crippen LogP contribution in [0.4, 0.5) is 5.69 Å². The molecule has 1 aliphatic carbocycles. The Labute approximate surface area is 239 Å². The second-order valence-electron chi connectivity index (χ2n) is 9.79. The number of carbonyl (C=O) groups excluding carboxylic acids is 4. The van der Waals surface area contributed by atoms with E-state index in [0.717, 1.165) is 10.0 Å². The summed E-state index contributed by atoms with van der Waals surface area (Å²) in [6.07, 6.45) is 4.10. The van der Waals surface area contributed by atoms with Crippen molar-refractivity contribution >= 4 is 40.8 Å². The maximum absolute atomic E-state index is 13.7. The van der Waals surface area contributed by atoms with Crippen LogP contribution in [0.15, 0.2) is 84.9 Å². The third kappa shape index (κ3) is 5.46. The molecule has 3 aromatic carbocycles. The number of hydrazine groups is 1. The van der Waals surface area contributed by atoms with E-state index in [1.165, 1.54) is 60.7 Å². The Morgan fingerprint density at radius 3 is 2.24 bits per heavy atom. The predicted molar refractivity (Wildman–Crippen MR) is 148 cm³/mol. The third-order valence-corrected chi connectivity index (χ3v) is 7.51. The molecular weight excluding hydrogens is 550 g/mol. The number of amides is 3. The van der Waals surface area contributed by atoms with E-state index in [0.29, 0.717) is 17.9 Å². The van der Waals surface area contributed by atoms with Gasteiger partial charge in [0.1, 0.15) is 18.0 Å². The number of hydrogen-bond acceptors (Lipinski definition) is 7. The van der Waals surface area contributed by atoms with E-state index >= 15 is 0 Å². The summed E-state index contributed by atoms with van der Waals surface area (Å²) in [5.74, 6) is -3.04. The number of nitrogens with zero attached hydrogens (tertiary/aromatic N) is 3. The van der Waals surface area contributed by atoms with Gasteiger partial charge in [0, 0.05) is 17.7 Å². The molecule has 1 saturated heterocycles. The van der Waals surface area contributed by atoms with Crippen LogP contribution in [0.2, 0.25) is 5.02 Å². The molecule has 0 aromatic heterocycles. The lowest BCUT2D eigenvalue weighted by atomic mass is 9.78. The number of hydrogen-bond donors (Lipinski definition) is 0. The standard InChI is InChI=1S/C30H24ClN3O7/c1-18-5-4-7-24-27(18)30(38)33(29(24)37)32(28(36)23-6-2-3-8-25(23)31)17-26(35)19-9-13-21(14-10-19)41-22-15-11-20(12-16-22)34(39)40/h2-6,8-16,18,24,27H,7,17H2,1H3/t18-,24-,27+/m1/s1. The van der Waals surface area contributed by atoms with Crippen LogP contribution in [0.1, 0.15) is 34.1 Å². The lowest BCUT2D eigenvalue weighted by Gasteiger charge is -2.30. The van der Waals surface area contributed by atoms with Crippen LogP contribution in [0, 0.1) is 27.9 Å². The summed E-state index contributed by atoms with van der Waals surface area (Å²) in [7, 11) is 0. The Morgan fingerprint density at radius 1 is 1.00 bits per heavy atom. The van der Waals surface area contributed by atoms with Gasteiger partial charge in [0.15, 0.2) is 5.78 Å². The van der Waals surface area contributed by atoms with Crippen LogP contribution >= 0.6 is 11.6 Å². The maximum atomic E-state index is 13.7. The van der Waals surface area contributed by atoms with Gasteiger partial charge >= 0.3 is 0 Å². The Bertz CT molecular complexity index is 1570. The number of carbonyl (C=O) groups is 4. The molecule has 1 fully saturated rings. The Hall–Kier alpha value is -4.83. The van der Waals surface area contributed by atoms with E-state index < -0.39 is 46.8 Å². The van der Waals surface area contributed by atoms with Crippen molar-refractivity contribution in [1.82, 2.24) is 10.0 Å². The molecule has 0 saturated carbocycles. The number of ketones is 1. The second-order valence-corrected chi connectivity index (χ2v) is 10.2. The molecule has 2 aliphatic rings. The minimum absolute atomic E-state index is 0.0513. The van der Waals surface area contributed by atoms with Crippen LogP contribution < -0.4 is 4.74 Å². The number of fused-ring (bicyclic) bond motifs is 1. The van der Waals surface area contributed by atoms with Crippen LogP contribution in [-0.4, -0.2) is 45.0 Å². The van der Waals surface area contributed by atoms with Crippen molar-refractivity contribution in [1.29, 1.82) is 0 Å². The van der Waals surface area contributed by atoms with E-state index in [2.05, 4.69) is 0 Å². The zero-order chi connectivity index (χ0) is 29.3. The van der Waals surface area contributed by atoms with Gasteiger partial charge in [-0.15, -0.1) is 0 Å². The van der Waals surface area contributed by atoms with Gasteiger partial charge in [-0.3, -0.25) is 29.3 Å². The highest BCUT2D eigenvalue weighted by molar-refractivity contribution is 6.34. The van der Waals surface area contributed by atoms with E-state index in [4.69, 9.17) is 16.3 Å². The van der Waals surface area contributed by atoms with E-state index in [1.807, 2.05) is 19.1 Å². The van der Waals surface area contributed by atoms with Crippen LogP contribution in [0.3, 0.4) is 0 Å². The zero-order valence-corrected chi connectivity index (χ0v) is 22.6. The molecule has 41 heavy (non-hydrogen) atoms. The molecule has 3 aromatic rings. The van der Waals surface area contributed by atoms with Crippen molar-refractivity contribution < 1.29 is 28.8 Å². The molecule has 10 nitrogen and oxygen atoms in total. The Balaban J connectivity index is 1.39. The molecule has 0 spiro atoms. The minimum Gasteiger partial charge on any atom is -0.457 e. The normalized spacial score (nSPS) is 19.6. The molecule has 11 heteroatoms. The predicted octanol–water partition coefficient (Wildman–Crippen LogP) is 5.48. The van der Waals surface area contributed by atoms with E-state index in [9.17, 15) is 29.3 Å². The third-order valence-electron chi connectivity index (χ3n) is 7.18. The van der Waals surface area contributed by atoms with Gasteiger partial charge in [0.05, 0.1) is 27.3 Å². The van der Waals surface area contributed by atoms with Crippen molar-refractivity contribution in [2.24, 2.45) is 17.8 Å². The minimum atomic E-state index is -0.747. The molecule has 0 N–H and O–H groups in total. The number of non-ortho nitro benzene ring substituents is 1. The summed E-state index contributed by atoms with van der Waals surface area (Å²) in [6, 6.07) is 17.8. The number of rotatable bonds is 8. The summed E-state index contributed by atoms with van der Waals surface area (Å²) >= 11 is 6.27. The number of ether oxygens (including phenoxy) is 1. The first-order valence-corrected chi connectivity index (χ1v) is 13.2. The average Bonchev–Trinajstić information content (AvgIpc) is 3.22. The molecule has 208 valence electrons. The van der Waals surface area contributed by atoms with Gasteiger partial charge in [-0.1, -0.05) is 42.8 Å². The summed E-state index contributed by atoms with van der Waals surface area (Å²) in [5.41, 5.74) is 0.189. The van der Waals surface area contributed by atoms with Gasteiger partial charge < -0.3 is 4.74 Å². The van der Waals surface area contributed by atoms with Crippen molar-refractivity contribution in [3.63, 3.8) is 0 Å². The first kappa shape index (κ1) is 27.7. The molecular formula is C30H24ClN3O7. The largest absolute Gasteiger partial charge is 0.457 e. The molecule has 1 heterocycles. The first-order chi connectivity index (χ1) is 19.7. The van der Waals surface area contributed by atoms with Gasteiger partial charge in [-0.25, -0.2) is 5.01 Å². The number of nitro benzene ring substituents is 1. The average molecular weight is 574 g/mol. The van der Waals surface area contributed by atoms with Crippen molar-refractivity contribution in [3.8, 4) is 11.5 Å². The summed E-state index contributed by atoms with van der Waals surface area (Å²) in [6.45, 7) is 1.26. The van der Waals surface area contributed by atoms with E-state index in [1.54, 1.807) is 12.1 Å². The fourth-order valence-corrected chi connectivity index (χ4v) is 5.30. The number of imide groups is 1. The van der Waals surface area contributed by atoms with Crippen LogP contribution in [0.5, 0.6) is 11.5 Å². The van der Waals surface area contributed by atoms with Gasteiger partial charge in [0.25, 0.3) is 23.4 Å². The highest BCUT2D eigenvalue weighted by Crippen LogP contribution is 2.39. The number of nitro groups is 1. The molecule has 0 radical (unpaired) electrons. The quantitative estimate of drug-likeness (QED) is 0.115. The molecule has 1 aliphatic heterocycles. The topological polar surface area (TPSA) is 127 Å². The van der Waals surface area contributed by atoms with Crippen LogP contribution in [-0.2, 0) is 9.59 Å². The molecule has 3 atom stereocenters. The summed E-state index contributed by atoms with van der Waals surface area (Å²) in [4.78, 5) is 64.3. The Morgan fingerprint density at radius 2 is 1.63 bits per heavy atom. The summed E-state index contributed by atoms with van der Waals surface area (Å²) < 4.78 is 5.70. The van der Waals surface area contributed by atoms with Crippen molar-refractivity contribution in [2.75, 3.05) is 6.54 Å². The highest BCUT2D eigenvalue weighted by atomic mass is 35.5. The number of Topliss-reactive ketones (excluding diaryl/α,β-unsaturated/α-hetero) is 1. The lowest BCUT2D eigenvalue weighted by molar-refractivity contribution is -0.384. The van der Waals surface area contributed by atoms with Gasteiger partial charge in [-0.2, -0.15) is 5.01 Å². The fraction of sp³-hybridized carbons (Fsp3) is 0.200. The van der Waals surface area contributed by atoms with E-state index in [-0.39, 0.29) is 27.8 Å². The smallest absolute Gasteiger partial charge is 0.274 e. The highest BCUT2D eigenvalue weighted by Gasteiger charge is 2.53. The second kappa shape index (κ2) is 11.3. The number of allylic oxidation sites excluding steroid dienone is 2. The summed E-state index contributed by atoms with van der Waals surface area (Å²) in [5, 5.41) is 12.7. The van der Waals surface area contributed by atoms with Crippen molar-refractivity contribution in [2.45, 2.75) is 13.3 Å². The van der Waals surface area contributed by atoms with Gasteiger partial charge in [0.2, 0.25) is 0 Å². The molecule has 3 amide bonds. The maximum Gasteiger partial charge on any atom is 0.274 e. The van der Waals surface area contributed by atoms with Crippen molar-refractivity contribution in [3.05, 3.63) is 111 Å². The SMILES string of the molecule is C[C@@H]1C=CC[C@H]2C(=O)N(N(CC(=O)c3ccc(Oc4ccc([N+](=O)[O-])cc4)cc3)C(=O)c3ccccc3Cl)C(=O)[C@@H]12. The Kier molecular flexibility index (Phi) is 7.67. The molecule has 5 rings (SSSR count). The molecule has 0 bridgehead atoms. The van der Waals surface area contributed by atoms with Gasteiger partial charge in [-0.05, 0) is 60.9 Å². The monoisotopic (exact) mass is 573 g/mol. The lowest BCUT2D eigenvalue weighted by Crippen LogP contribution is -2.52. The number of benzene rings is 3. The molecule has 0 unspecified atom stereocenters. The first-order valence-electron chi connectivity index (χ1n) is 12.8. The number of halogens is 1.